The number of anilines is 1. The van der Waals surface area contributed by atoms with Crippen LogP contribution in [0.2, 0.25) is 0 Å². The summed E-state index contributed by atoms with van der Waals surface area (Å²) in [6.07, 6.45) is 23.4. The van der Waals surface area contributed by atoms with Crippen LogP contribution in [0.5, 0.6) is 0 Å². The zero-order valence-corrected chi connectivity index (χ0v) is 36.9. The summed E-state index contributed by atoms with van der Waals surface area (Å²) in [5, 5.41) is 7.59. The van der Waals surface area contributed by atoms with E-state index in [1.165, 1.54) is 89.3 Å². The van der Waals surface area contributed by atoms with Crippen molar-refractivity contribution >= 4 is 28.1 Å². The molecule has 3 nitrogen and oxygen atoms in total. The summed E-state index contributed by atoms with van der Waals surface area (Å²) in [7, 11) is 0. The number of dihydropyridines is 2. The first-order chi connectivity index (χ1) is 32.0. The average molecular weight is 838 g/mol. The van der Waals surface area contributed by atoms with E-state index in [0.29, 0.717) is 0 Å². The second kappa shape index (κ2) is 14.6. The van der Waals surface area contributed by atoms with Crippen LogP contribution in [0.3, 0.4) is 0 Å². The molecule has 0 amide bonds. The number of nitrogens with one attached hydrogen (secondary N) is 2. The van der Waals surface area contributed by atoms with E-state index in [1.807, 2.05) is 0 Å². The van der Waals surface area contributed by atoms with Gasteiger partial charge in [-0.05, 0) is 121 Å². The number of nitrogens with zero attached hydrogens (tertiary/aromatic N) is 1. The van der Waals surface area contributed by atoms with Crippen molar-refractivity contribution in [2.75, 3.05) is 4.90 Å². The molecule has 7 aliphatic rings. The molecule has 1 spiro atoms. The highest BCUT2D eigenvalue weighted by molar-refractivity contribution is 5.95. The predicted molar refractivity (Wildman–Crippen MR) is 269 cm³/mol. The van der Waals surface area contributed by atoms with Gasteiger partial charge in [0.25, 0.3) is 0 Å². The van der Waals surface area contributed by atoms with Gasteiger partial charge < -0.3 is 15.5 Å². The maximum absolute atomic E-state index is 3.89. The van der Waals surface area contributed by atoms with Gasteiger partial charge in [-0.3, -0.25) is 0 Å². The van der Waals surface area contributed by atoms with Crippen LogP contribution in [0.25, 0.3) is 22.4 Å². The monoisotopic (exact) mass is 837 g/mol. The van der Waals surface area contributed by atoms with E-state index in [4.69, 9.17) is 0 Å². The second-order valence-corrected chi connectivity index (χ2v) is 19.2. The smallest absolute Gasteiger partial charge is 0.0716 e. The lowest BCUT2D eigenvalue weighted by Crippen LogP contribution is -2.45. The molecule has 0 radical (unpaired) electrons. The third-order valence-corrected chi connectivity index (χ3v) is 15.5. The van der Waals surface area contributed by atoms with E-state index in [2.05, 4.69) is 242 Å². The number of hydrogen-bond donors (Lipinski definition) is 2. The lowest BCUT2D eigenvalue weighted by molar-refractivity contribution is 0.560. The summed E-state index contributed by atoms with van der Waals surface area (Å²) in [4.78, 5) is 2.74. The van der Waals surface area contributed by atoms with Crippen LogP contribution in [-0.2, 0) is 10.8 Å². The van der Waals surface area contributed by atoms with E-state index in [1.54, 1.807) is 0 Å². The molecule has 0 fully saturated rings. The summed E-state index contributed by atoms with van der Waals surface area (Å²) in [5.74, 6) is 0.260. The minimum absolute atomic E-state index is 0.0458. The molecule has 4 atom stereocenters. The predicted octanol–water partition coefficient (Wildman–Crippen LogP) is 13.1. The highest BCUT2D eigenvalue weighted by Crippen LogP contribution is 2.65. The van der Waals surface area contributed by atoms with Crippen LogP contribution in [0.1, 0.15) is 76.8 Å². The molecule has 4 aliphatic carbocycles. The standard InChI is InChI=1S/C62H51N3/c1-61(2)50-24-12-14-26-52(50)62(53-27-15-13-25-51(53)61)49-23-11-9-22-48(49)59-54(62)34-33-47-46-21-10-16-28-58(46)65(60(47)59)45-31-29-41(30-32-45)43-35-36-63-56(37-43)57-39-44(40-17-5-3-6-18-40)38-55(64-57)42-19-7-4-8-20-42/h3-15,17-27,29-39,47,56-57,60,63-64H,16,28H2,1-2H3. The fraction of sp³-hybridized carbons (Fsp3) is 0.161. The second-order valence-electron chi connectivity index (χ2n) is 19.2. The molecule has 4 unspecified atom stereocenters. The van der Waals surface area contributed by atoms with Gasteiger partial charge >= 0.3 is 0 Å². The van der Waals surface area contributed by atoms with E-state index in [9.17, 15) is 0 Å². The topological polar surface area (TPSA) is 27.3 Å². The zero-order valence-electron chi connectivity index (χ0n) is 36.9. The maximum Gasteiger partial charge on any atom is 0.0716 e. The van der Waals surface area contributed by atoms with Gasteiger partial charge in [-0.25, -0.2) is 0 Å². The Morgan fingerprint density at radius 1 is 0.569 bits per heavy atom. The Kier molecular flexibility index (Phi) is 8.56. The van der Waals surface area contributed by atoms with Crippen molar-refractivity contribution in [1.82, 2.24) is 10.6 Å². The molecule has 0 aromatic heterocycles. The van der Waals surface area contributed by atoms with E-state index >= 15 is 0 Å². The quantitative estimate of drug-likeness (QED) is 0.181. The zero-order chi connectivity index (χ0) is 43.3. The Morgan fingerprint density at radius 3 is 1.91 bits per heavy atom. The van der Waals surface area contributed by atoms with Gasteiger partial charge in [0.15, 0.2) is 0 Å². The first-order valence-electron chi connectivity index (χ1n) is 23.5. The molecule has 3 aliphatic heterocycles. The van der Waals surface area contributed by atoms with Crippen molar-refractivity contribution in [3.63, 3.8) is 0 Å². The molecule has 314 valence electrons. The van der Waals surface area contributed by atoms with Crippen molar-refractivity contribution in [1.29, 1.82) is 0 Å². The van der Waals surface area contributed by atoms with Gasteiger partial charge in [0, 0.05) is 28.4 Å². The summed E-state index contributed by atoms with van der Waals surface area (Å²) in [6.45, 7) is 4.82. The molecule has 6 aromatic carbocycles. The van der Waals surface area contributed by atoms with Crippen LogP contribution in [-0.4, -0.2) is 18.1 Å². The number of fused-ring (bicyclic) bond motifs is 11. The molecule has 0 bridgehead atoms. The van der Waals surface area contributed by atoms with E-state index in [0.717, 1.165) is 18.5 Å². The van der Waals surface area contributed by atoms with Gasteiger partial charge in [-0.15, -0.1) is 0 Å². The molecular weight excluding hydrogens is 787 g/mol. The van der Waals surface area contributed by atoms with Gasteiger partial charge in [0.05, 0.1) is 23.5 Å². The van der Waals surface area contributed by atoms with Gasteiger partial charge in [-0.2, -0.15) is 0 Å². The molecule has 0 saturated heterocycles. The fourth-order valence-corrected chi connectivity index (χ4v) is 12.6. The molecule has 3 heteroatoms. The highest BCUT2D eigenvalue weighted by Gasteiger charge is 2.57. The Balaban J connectivity index is 0.897. The third-order valence-electron chi connectivity index (χ3n) is 15.5. The summed E-state index contributed by atoms with van der Waals surface area (Å²) >= 11 is 0. The van der Waals surface area contributed by atoms with Crippen LogP contribution in [0.15, 0.2) is 229 Å². The largest absolute Gasteiger partial charge is 0.382 e. The van der Waals surface area contributed by atoms with Crippen LogP contribution < -0.4 is 15.5 Å². The Morgan fingerprint density at radius 2 is 1.18 bits per heavy atom. The maximum atomic E-state index is 3.89. The SMILES string of the molecule is CC1(C)c2ccccc2C2(C3=C(c4ccccc42)C2C(C=C3)C3=C(CCC=C3)N2c2ccc(C3=CC(C4C=C(c5ccccc5)C=C(c5ccccc5)N4)NC=C3)cc2)c2ccccc21. The van der Waals surface area contributed by atoms with Crippen molar-refractivity contribution < 1.29 is 0 Å². The molecule has 6 aromatic rings. The minimum atomic E-state index is -0.406. The van der Waals surface area contributed by atoms with Crippen LogP contribution in [0, 0.1) is 5.92 Å². The van der Waals surface area contributed by atoms with Crippen molar-refractivity contribution in [3.05, 3.63) is 279 Å². The first kappa shape index (κ1) is 38.1. The molecule has 3 heterocycles. The van der Waals surface area contributed by atoms with Crippen LogP contribution >= 0.6 is 0 Å². The number of allylic oxidation sites excluding steroid dienone is 9. The van der Waals surface area contributed by atoms with Crippen molar-refractivity contribution in [3.8, 4) is 0 Å². The lowest BCUT2D eigenvalue weighted by Gasteiger charge is -2.47. The normalized spacial score (nSPS) is 23.5. The Hall–Kier alpha value is -7.36. The van der Waals surface area contributed by atoms with Gasteiger partial charge in [-0.1, -0.05) is 196 Å². The minimum Gasteiger partial charge on any atom is -0.382 e. The number of hydrogen-bond acceptors (Lipinski definition) is 3. The summed E-state index contributed by atoms with van der Waals surface area (Å²) in [6, 6.07) is 59.1. The van der Waals surface area contributed by atoms with Gasteiger partial charge in [0.1, 0.15) is 0 Å². The number of benzene rings is 6. The first-order valence-corrected chi connectivity index (χ1v) is 23.5. The summed E-state index contributed by atoms with van der Waals surface area (Å²) < 4.78 is 0. The van der Waals surface area contributed by atoms with Crippen molar-refractivity contribution in [2.45, 2.75) is 55.6 Å². The van der Waals surface area contributed by atoms with Crippen molar-refractivity contribution in [2.24, 2.45) is 5.92 Å². The fourth-order valence-electron chi connectivity index (χ4n) is 12.6. The van der Waals surface area contributed by atoms with E-state index < -0.39 is 5.41 Å². The average Bonchev–Trinajstić information content (AvgIpc) is 3.87. The lowest BCUT2D eigenvalue weighted by atomic mass is 9.55. The van der Waals surface area contributed by atoms with E-state index in [-0.39, 0.29) is 29.5 Å². The highest BCUT2D eigenvalue weighted by atomic mass is 15.2. The third kappa shape index (κ3) is 5.61. The Labute approximate surface area is 383 Å². The molecule has 65 heavy (non-hydrogen) atoms. The molecule has 0 saturated carbocycles. The number of rotatable bonds is 5. The molecular formula is C62H51N3. The Bertz CT molecular complexity index is 3140. The molecule has 2 N–H and O–H groups in total. The van der Waals surface area contributed by atoms with Crippen LogP contribution in [0.4, 0.5) is 5.69 Å². The molecule has 13 rings (SSSR count). The van der Waals surface area contributed by atoms with Gasteiger partial charge in [0.2, 0.25) is 0 Å². The summed E-state index contributed by atoms with van der Waals surface area (Å²) in [5.41, 5.74) is 22.2.